The average Bonchev–Trinajstić information content (AvgIpc) is 3.12. The molecule has 0 spiro atoms. The van der Waals surface area contributed by atoms with Crippen molar-refractivity contribution in [3.63, 3.8) is 0 Å². The van der Waals surface area contributed by atoms with Crippen LogP contribution in [0.2, 0.25) is 0 Å². The Bertz CT molecular complexity index is 789. The molecule has 3 aromatic rings. The number of nitrogens with one attached hydrogen (secondary N) is 1. The smallest absolute Gasteiger partial charge is 0.123 e. The zero-order chi connectivity index (χ0) is 16.4. The van der Waals surface area contributed by atoms with Gasteiger partial charge in [0.15, 0.2) is 0 Å². The van der Waals surface area contributed by atoms with E-state index in [-0.39, 0.29) is 11.9 Å². The van der Waals surface area contributed by atoms with Crippen LogP contribution < -0.4 is 5.32 Å². The molecule has 0 bridgehead atoms. The molecule has 1 N–H and O–H groups in total. The summed E-state index contributed by atoms with van der Waals surface area (Å²) in [6.07, 6.45) is 1.85. The zero-order valence-electron chi connectivity index (χ0n) is 13.5. The molecule has 0 fully saturated rings. The fourth-order valence-electron chi connectivity index (χ4n) is 2.63. The van der Waals surface area contributed by atoms with E-state index < -0.39 is 0 Å². The van der Waals surface area contributed by atoms with E-state index in [0.717, 1.165) is 28.5 Å². The summed E-state index contributed by atoms with van der Waals surface area (Å²) >= 11 is 0. The summed E-state index contributed by atoms with van der Waals surface area (Å²) < 4.78 is 20.4. The van der Waals surface area contributed by atoms with Crippen LogP contribution in [0.1, 0.15) is 35.7 Å². The Kier molecular flexibility index (Phi) is 4.30. The quantitative estimate of drug-likeness (QED) is 0.772. The van der Waals surface area contributed by atoms with Crippen molar-refractivity contribution in [2.75, 3.05) is 0 Å². The Morgan fingerprint density at radius 1 is 1.17 bits per heavy atom. The monoisotopic (exact) mass is 313 g/mol. The highest BCUT2D eigenvalue weighted by atomic mass is 19.1. The van der Waals surface area contributed by atoms with Crippen molar-refractivity contribution in [3.05, 3.63) is 71.2 Å². The number of halogens is 1. The molecule has 2 heterocycles. The summed E-state index contributed by atoms with van der Waals surface area (Å²) in [5, 5.41) is 7.86. The minimum absolute atomic E-state index is 0.134. The molecular weight excluding hydrogens is 293 g/mol. The maximum Gasteiger partial charge on any atom is 0.123 e. The van der Waals surface area contributed by atoms with Gasteiger partial charge in [0.05, 0.1) is 18.4 Å². The second-order valence-corrected chi connectivity index (χ2v) is 5.69. The first-order valence-electron chi connectivity index (χ1n) is 7.64. The molecule has 4 nitrogen and oxygen atoms in total. The van der Waals surface area contributed by atoms with Crippen LogP contribution in [0.3, 0.4) is 0 Å². The van der Waals surface area contributed by atoms with Gasteiger partial charge in [-0.15, -0.1) is 0 Å². The van der Waals surface area contributed by atoms with Crippen LogP contribution in [-0.2, 0) is 6.54 Å². The second-order valence-electron chi connectivity index (χ2n) is 5.69. The Morgan fingerprint density at radius 2 is 1.91 bits per heavy atom. The van der Waals surface area contributed by atoms with Crippen molar-refractivity contribution in [2.45, 2.75) is 33.4 Å². The van der Waals surface area contributed by atoms with E-state index >= 15 is 0 Å². The first-order valence-corrected chi connectivity index (χ1v) is 7.64. The van der Waals surface area contributed by atoms with Gasteiger partial charge in [-0.05, 0) is 57.2 Å². The van der Waals surface area contributed by atoms with Gasteiger partial charge in [-0.1, -0.05) is 0 Å². The molecule has 0 aliphatic carbocycles. The molecule has 0 aliphatic rings. The molecule has 1 aromatic carbocycles. The number of aromatic nitrogens is 2. The minimum atomic E-state index is -0.248. The molecule has 23 heavy (non-hydrogen) atoms. The van der Waals surface area contributed by atoms with Gasteiger partial charge in [-0.3, -0.25) is 0 Å². The van der Waals surface area contributed by atoms with Crippen molar-refractivity contribution in [1.82, 2.24) is 15.1 Å². The van der Waals surface area contributed by atoms with Gasteiger partial charge >= 0.3 is 0 Å². The van der Waals surface area contributed by atoms with Crippen LogP contribution in [0.5, 0.6) is 0 Å². The van der Waals surface area contributed by atoms with E-state index in [1.54, 1.807) is 12.1 Å². The molecule has 1 unspecified atom stereocenters. The summed E-state index contributed by atoms with van der Waals surface area (Å²) in [6, 6.07) is 10.4. The fourth-order valence-corrected chi connectivity index (χ4v) is 2.63. The van der Waals surface area contributed by atoms with Gasteiger partial charge < -0.3 is 9.73 Å². The Morgan fingerprint density at radius 3 is 2.57 bits per heavy atom. The molecule has 0 radical (unpaired) electrons. The number of furan rings is 1. The van der Waals surface area contributed by atoms with Crippen molar-refractivity contribution in [2.24, 2.45) is 0 Å². The molecule has 0 amide bonds. The predicted octanol–water partition coefficient (Wildman–Crippen LogP) is 4.07. The predicted molar refractivity (Wildman–Crippen MR) is 87.0 cm³/mol. The highest BCUT2D eigenvalue weighted by Gasteiger charge is 2.14. The van der Waals surface area contributed by atoms with Gasteiger partial charge in [0, 0.05) is 17.3 Å². The second kappa shape index (κ2) is 6.38. The van der Waals surface area contributed by atoms with E-state index in [9.17, 15) is 4.39 Å². The molecule has 1 atom stereocenters. The largest absolute Gasteiger partial charge is 0.465 e. The van der Waals surface area contributed by atoms with Gasteiger partial charge in [0.2, 0.25) is 0 Å². The van der Waals surface area contributed by atoms with Crippen molar-refractivity contribution in [1.29, 1.82) is 0 Å². The van der Waals surface area contributed by atoms with E-state index in [0.29, 0.717) is 6.54 Å². The van der Waals surface area contributed by atoms with E-state index in [1.807, 2.05) is 36.9 Å². The lowest BCUT2D eigenvalue weighted by Gasteiger charge is -2.13. The molecule has 0 saturated carbocycles. The maximum absolute atomic E-state index is 13.1. The lowest BCUT2D eigenvalue weighted by Crippen LogP contribution is -2.18. The summed E-state index contributed by atoms with van der Waals surface area (Å²) in [5.41, 5.74) is 2.99. The summed E-state index contributed by atoms with van der Waals surface area (Å²) in [4.78, 5) is 0. The number of benzene rings is 1. The molecule has 0 aliphatic heterocycles. The molecular formula is C18H20FN3O. The number of nitrogens with zero attached hydrogens (tertiary/aromatic N) is 2. The van der Waals surface area contributed by atoms with Gasteiger partial charge in [-0.25, -0.2) is 9.07 Å². The fraction of sp³-hybridized carbons (Fsp3) is 0.278. The van der Waals surface area contributed by atoms with Crippen molar-refractivity contribution < 1.29 is 8.81 Å². The van der Waals surface area contributed by atoms with Gasteiger partial charge in [0.1, 0.15) is 17.3 Å². The first kappa shape index (κ1) is 15.5. The highest BCUT2D eigenvalue weighted by molar-refractivity contribution is 5.35. The Balaban J connectivity index is 1.74. The third-order valence-corrected chi connectivity index (χ3v) is 3.96. The van der Waals surface area contributed by atoms with Crippen LogP contribution >= 0.6 is 0 Å². The molecule has 0 saturated heterocycles. The highest BCUT2D eigenvalue weighted by Crippen LogP contribution is 2.21. The third kappa shape index (κ3) is 3.35. The maximum atomic E-state index is 13.1. The van der Waals surface area contributed by atoms with E-state index in [4.69, 9.17) is 4.42 Å². The van der Waals surface area contributed by atoms with Crippen LogP contribution in [0.15, 0.2) is 47.0 Å². The summed E-state index contributed by atoms with van der Waals surface area (Å²) in [5.74, 6) is 1.58. The van der Waals surface area contributed by atoms with Crippen LogP contribution in [0.4, 0.5) is 4.39 Å². The average molecular weight is 313 g/mol. The van der Waals surface area contributed by atoms with Crippen LogP contribution in [0.25, 0.3) is 5.69 Å². The first-order chi connectivity index (χ1) is 11.0. The standard InChI is InChI=1S/C18H20FN3O/c1-12-4-9-17(23-12)10-20-13(2)18-11-21-22(14(18)3)16-7-5-15(19)6-8-16/h4-9,11,13,20H,10H2,1-3H3. The molecule has 120 valence electrons. The number of hydrogen-bond donors (Lipinski definition) is 1. The molecule has 5 heteroatoms. The molecule has 3 rings (SSSR count). The molecule has 2 aromatic heterocycles. The lowest BCUT2D eigenvalue weighted by molar-refractivity contribution is 0.443. The zero-order valence-corrected chi connectivity index (χ0v) is 13.5. The van der Waals surface area contributed by atoms with Crippen LogP contribution in [-0.4, -0.2) is 9.78 Å². The number of aryl methyl sites for hydroxylation is 1. The van der Waals surface area contributed by atoms with Gasteiger partial charge in [-0.2, -0.15) is 5.10 Å². The Hall–Kier alpha value is -2.40. The summed E-state index contributed by atoms with van der Waals surface area (Å²) in [7, 11) is 0. The summed E-state index contributed by atoms with van der Waals surface area (Å²) in [6.45, 7) is 6.70. The van der Waals surface area contributed by atoms with Crippen molar-refractivity contribution in [3.8, 4) is 5.69 Å². The topological polar surface area (TPSA) is 43.0 Å². The third-order valence-electron chi connectivity index (χ3n) is 3.96. The Labute approximate surface area is 134 Å². The number of rotatable bonds is 5. The number of hydrogen-bond acceptors (Lipinski definition) is 3. The van der Waals surface area contributed by atoms with E-state index in [1.165, 1.54) is 12.1 Å². The normalized spacial score (nSPS) is 12.5. The van der Waals surface area contributed by atoms with Gasteiger partial charge in [0.25, 0.3) is 0 Å². The lowest BCUT2D eigenvalue weighted by atomic mass is 10.1. The van der Waals surface area contributed by atoms with Crippen LogP contribution in [0, 0.1) is 19.7 Å². The SMILES string of the molecule is Cc1ccc(CNC(C)c2cnn(-c3ccc(F)cc3)c2C)o1. The minimum Gasteiger partial charge on any atom is -0.465 e. The van der Waals surface area contributed by atoms with E-state index in [2.05, 4.69) is 17.3 Å². The van der Waals surface area contributed by atoms with Crippen molar-refractivity contribution >= 4 is 0 Å².